The molecule has 0 unspecified atom stereocenters. The first kappa shape index (κ1) is 27.8. The second-order valence-corrected chi connectivity index (χ2v) is 5.80. The molecule has 2 aromatic carbocycles. The predicted octanol–water partition coefficient (Wildman–Crippen LogP) is 0.119. The maximum atomic E-state index is 2.27. The molecule has 0 amide bonds. The van der Waals surface area contributed by atoms with Crippen LogP contribution in [0.15, 0.2) is 36.4 Å². The van der Waals surface area contributed by atoms with E-state index in [9.17, 15) is 0 Å². The molecule has 0 radical (unpaired) electrons. The van der Waals surface area contributed by atoms with Crippen LogP contribution in [0.25, 0.3) is 0 Å². The van der Waals surface area contributed by atoms with E-state index in [0.717, 1.165) is 0 Å². The summed E-state index contributed by atoms with van der Waals surface area (Å²) in [7, 11) is 0. The normalized spacial score (nSPS) is 8.87. The number of aryl methyl sites for hydroxylation is 4. The minimum atomic E-state index is 0. The number of unbranched alkanes of at least 4 members (excludes halogenated alkanes) is 2. The van der Waals surface area contributed by atoms with E-state index in [1.54, 1.807) is 0 Å². The van der Waals surface area contributed by atoms with Crippen molar-refractivity contribution in [2.45, 2.75) is 66.2 Å². The third kappa shape index (κ3) is 13.0. The summed E-state index contributed by atoms with van der Waals surface area (Å²) in [5, 5.41) is 0. The summed E-state index contributed by atoms with van der Waals surface area (Å²) in [6.45, 7) is 8.76. The molecule has 2 rings (SSSR count). The summed E-state index contributed by atoms with van der Waals surface area (Å²) in [6.07, 6.45) is 7.75. The average Bonchev–Trinajstić information content (AvgIpc) is 3.03. The zero-order valence-electron chi connectivity index (χ0n) is 15.0. The summed E-state index contributed by atoms with van der Waals surface area (Å²) in [5.41, 5.74) is 5.79. The molecule has 3 heteroatoms. The van der Waals surface area contributed by atoms with Crippen molar-refractivity contribution in [1.29, 1.82) is 0 Å². The Hall–Kier alpha value is -0.00571. The first-order valence-corrected chi connectivity index (χ1v) is 8.10. The van der Waals surface area contributed by atoms with Crippen LogP contribution >= 0.6 is 0 Å². The zero-order chi connectivity index (χ0) is 14.8. The van der Waals surface area contributed by atoms with Crippen molar-refractivity contribution in [3.63, 3.8) is 0 Å². The topological polar surface area (TPSA) is 0 Å². The van der Waals surface area contributed by atoms with Crippen LogP contribution < -0.4 is 24.8 Å². The molecule has 0 fully saturated rings. The van der Waals surface area contributed by atoms with E-state index in [0.29, 0.717) is 0 Å². The van der Waals surface area contributed by atoms with E-state index < -0.39 is 0 Å². The zero-order valence-corrected chi connectivity index (χ0v) is 18.0. The molecular weight excluding hydrogens is 359 g/mol. The molecule has 0 saturated heterocycles. The molecule has 0 aliphatic rings. The Kier molecular flexibility index (Phi) is 20.4. The molecule has 0 aliphatic carbocycles. The predicted molar refractivity (Wildman–Crippen MR) is 90.8 cm³/mol. The van der Waals surface area contributed by atoms with E-state index in [-0.39, 0.29) is 46.5 Å². The van der Waals surface area contributed by atoms with Crippen LogP contribution in [0.4, 0.5) is 0 Å². The van der Waals surface area contributed by atoms with Crippen molar-refractivity contribution < 1.29 is 46.5 Å². The Morgan fingerprint density at radius 1 is 0.739 bits per heavy atom. The summed E-state index contributed by atoms with van der Waals surface area (Å²) >= 11 is 0. The molecule has 0 atom stereocenters. The minimum absolute atomic E-state index is 0. The second kappa shape index (κ2) is 16.8. The molecule has 0 saturated carbocycles. The SMILES string of the molecule is CCCCc1cc[c-](C)c1.CCCCc1cc[c-](C)c1.[Cl-].[Cl-].[Ti+4]. The Morgan fingerprint density at radius 2 is 1.09 bits per heavy atom. The van der Waals surface area contributed by atoms with Crippen LogP contribution in [-0.2, 0) is 34.6 Å². The Balaban J connectivity index is -0.000000308. The quantitative estimate of drug-likeness (QED) is 0.487. The molecule has 0 aromatic heterocycles. The average molecular weight is 389 g/mol. The largest absolute Gasteiger partial charge is 4.00 e. The fourth-order valence-corrected chi connectivity index (χ4v) is 2.33. The first-order valence-electron chi connectivity index (χ1n) is 8.10. The summed E-state index contributed by atoms with van der Waals surface area (Å²) in [6, 6.07) is 13.4. The monoisotopic (exact) mass is 388 g/mol. The van der Waals surface area contributed by atoms with Gasteiger partial charge in [0.1, 0.15) is 0 Å². The van der Waals surface area contributed by atoms with Gasteiger partial charge in [-0.3, -0.25) is 0 Å². The third-order valence-electron chi connectivity index (χ3n) is 3.58. The van der Waals surface area contributed by atoms with Gasteiger partial charge in [0, 0.05) is 0 Å². The van der Waals surface area contributed by atoms with Gasteiger partial charge in [0.15, 0.2) is 0 Å². The summed E-state index contributed by atoms with van der Waals surface area (Å²) in [5.74, 6) is 0. The maximum Gasteiger partial charge on any atom is 4.00 e. The van der Waals surface area contributed by atoms with Crippen LogP contribution in [0.3, 0.4) is 0 Å². The van der Waals surface area contributed by atoms with Gasteiger partial charge < -0.3 is 24.8 Å². The molecule has 2 aromatic rings. The van der Waals surface area contributed by atoms with Gasteiger partial charge >= 0.3 is 21.7 Å². The van der Waals surface area contributed by atoms with Crippen LogP contribution in [0.1, 0.15) is 61.8 Å². The molecule has 0 nitrogen and oxygen atoms in total. The minimum Gasteiger partial charge on any atom is -1.00 e. The molecule has 0 bridgehead atoms. The molecule has 0 spiro atoms. The molecular formula is C20H30Cl2Ti. The Morgan fingerprint density at radius 3 is 1.30 bits per heavy atom. The van der Waals surface area contributed by atoms with Gasteiger partial charge in [0.2, 0.25) is 0 Å². The van der Waals surface area contributed by atoms with Gasteiger partial charge in [-0.2, -0.15) is 46.5 Å². The number of hydrogen-bond donors (Lipinski definition) is 0. The van der Waals surface area contributed by atoms with Gasteiger partial charge in [-0.05, 0) is 0 Å². The van der Waals surface area contributed by atoms with E-state index >= 15 is 0 Å². The summed E-state index contributed by atoms with van der Waals surface area (Å²) < 4.78 is 0. The second-order valence-electron chi connectivity index (χ2n) is 5.80. The number of halogens is 2. The Labute approximate surface area is 170 Å². The van der Waals surface area contributed by atoms with Gasteiger partial charge in [0.05, 0.1) is 0 Å². The van der Waals surface area contributed by atoms with Crippen molar-refractivity contribution in [2.75, 3.05) is 0 Å². The van der Waals surface area contributed by atoms with E-state index in [2.05, 4.69) is 64.1 Å². The van der Waals surface area contributed by atoms with Crippen LogP contribution in [-0.4, -0.2) is 0 Å². The van der Waals surface area contributed by atoms with Crippen LogP contribution in [0.2, 0.25) is 0 Å². The molecule has 23 heavy (non-hydrogen) atoms. The summed E-state index contributed by atoms with van der Waals surface area (Å²) in [4.78, 5) is 0. The molecule has 0 heterocycles. The van der Waals surface area contributed by atoms with E-state index in [4.69, 9.17) is 0 Å². The molecule has 128 valence electrons. The fourth-order valence-electron chi connectivity index (χ4n) is 2.33. The van der Waals surface area contributed by atoms with E-state index in [1.807, 2.05) is 0 Å². The van der Waals surface area contributed by atoms with Gasteiger partial charge in [0.25, 0.3) is 0 Å². The van der Waals surface area contributed by atoms with Crippen LogP contribution in [0, 0.1) is 13.8 Å². The van der Waals surface area contributed by atoms with Gasteiger partial charge in [-0.25, -0.2) is 12.1 Å². The van der Waals surface area contributed by atoms with Crippen molar-refractivity contribution >= 4 is 0 Å². The standard InChI is InChI=1S/2C10H15.2ClH.Ti/c2*1-3-4-5-10-7-6-9(2)8-10;;;/h2*6-8H,3-5H2,1-2H3;2*1H;/q2*-1;;;+4/p-2. The fraction of sp³-hybridized carbons (Fsp3) is 0.500. The molecule has 0 N–H and O–H groups in total. The van der Waals surface area contributed by atoms with Crippen molar-refractivity contribution in [2.24, 2.45) is 0 Å². The van der Waals surface area contributed by atoms with E-state index in [1.165, 1.54) is 60.8 Å². The first-order chi connectivity index (χ1) is 9.65. The molecule has 0 aliphatic heterocycles. The Bertz CT molecular complexity index is 427. The van der Waals surface area contributed by atoms with Crippen LogP contribution in [0.5, 0.6) is 0 Å². The maximum absolute atomic E-state index is 2.27. The van der Waals surface area contributed by atoms with Gasteiger partial charge in [-0.15, -0.1) is 0 Å². The third-order valence-corrected chi connectivity index (χ3v) is 3.58. The number of rotatable bonds is 6. The van der Waals surface area contributed by atoms with Crippen molar-refractivity contribution in [1.82, 2.24) is 0 Å². The van der Waals surface area contributed by atoms with Crippen molar-refractivity contribution in [3.05, 3.63) is 58.7 Å². The number of hydrogen-bond acceptors (Lipinski definition) is 0. The van der Waals surface area contributed by atoms with Crippen molar-refractivity contribution in [3.8, 4) is 0 Å². The van der Waals surface area contributed by atoms with Gasteiger partial charge in [-0.1, -0.05) is 66.2 Å². The smallest absolute Gasteiger partial charge is 1.00 e.